The minimum atomic E-state index is -0.202. The lowest BCUT2D eigenvalue weighted by molar-refractivity contribution is -0.123. The first-order valence-corrected chi connectivity index (χ1v) is 9.46. The van der Waals surface area contributed by atoms with Crippen LogP contribution in [0.15, 0.2) is 30.6 Å². The molecule has 9 heteroatoms. The van der Waals surface area contributed by atoms with E-state index in [9.17, 15) is 4.79 Å². The minimum absolute atomic E-state index is 0. The number of piperazine rings is 1. The maximum absolute atomic E-state index is 12.8. The number of aromatic nitrogens is 2. The van der Waals surface area contributed by atoms with Crippen molar-refractivity contribution in [3.05, 3.63) is 42.0 Å². The largest absolute Gasteiger partial charge is 0.497 e. The van der Waals surface area contributed by atoms with E-state index >= 15 is 0 Å². The van der Waals surface area contributed by atoms with Crippen LogP contribution in [-0.2, 0) is 11.8 Å². The Bertz CT molecular complexity index is 813. The molecule has 0 radical (unpaired) electrons. The van der Waals surface area contributed by atoms with Gasteiger partial charge in [-0.15, -0.1) is 12.4 Å². The van der Waals surface area contributed by atoms with Crippen molar-refractivity contribution in [1.29, 1.82) is 0 Å². The van der Waals surface area contributed by atoms with E-state index in [0.717, 1.165) is 42.5 Å². The molecule has 1 saturated heterocycles. The van der Waals surface area contributed by atoms with Crippen LogP contribution in [0, 0.1) is 0 Å². The molecule has 2 aromatic rings. The topological polar surface area (TPSA) is 80.7 Å². The van der Waals surface area contributed by atoms with Crippen LogP contribution >= 0.6 is 12.4 Å². The fourth-order valence-corrected chi connectivity index (χ4v) is 3.62. The molecule has 1 fully saturated rings. The zero-order valence-electron chi connectivity index (χ0n) is 17.3. The van der Waals surface area contributed by atoms with Crippen LogP contribution in [-0.4, -0.2) is 60.8 Å². The highest BCUT2D eigenvalue weighted by Crippen LogP contribution is 2.29. The highest BCUT2D eigenvalue weighted by molar-refractivity contribution is 5.85. The number of aryl methyl sites for hydroxylation is 1. The number of carbonyl (C=O) groups is 1. The van der Waals surface area contributed by atoms with Crippen LogP contribution in [0.5, 0.6) is 11.5 Å². The first-order valence-electron chi connectivity index (χ1n) is 9.46. The lowest BCUT2D eigenvalue weighted by Crippen LogP contribution is -2.50. The number of benzene rings is 1. The van der Waals surface area contributed by atoms with Crippen molar-refractivity contribution in [1.82, 2.24) is 25.1 Å². The quantitative estimate of drug-likeness (QED) is 0.705. The van der Waals surface area contributed by atoms with Crippen molar-refractivity contribution in [3.8, 4) is 11.5 Å². The van der Waals surface area contributed by atoms with E-state index in [1.54, 1.807) is 20.4 Å². The van der Waals surface area contributed by atoms with E-state index in [1.165, 1.54) is 0 Å². The van der Waals surface area contributed by atoms with Gasteiger partial charge in [-0.2, -0.15) is 0 Å². The lowest BCUT2D eigenvalue weighted by Gasteiger charge is -2.35. The fourth-order valence-electron chi connectivity index (χ4n) is 3.62. The van der Waals surface area contributed by atoms with Gasteiger partial charge in [-0.05, 0) is 25.1 Å². The Morgan fingerprint density at radius 2 is 2.17 bits per heavy atom. The van der Waals surface area contributed by atoms with Gasteiger partial charge in [0.05, 0.1) is 32.8 Å². The van der Waals surface area contributed by atoms with Crippen molar-refractivity contribution in [3.63, 3.8) is 0 Å². The van der Waals surface area contributed by atoms with E-state index in [4.69, 9.17) is 9.47 Å². The third-order valence-corrected chi connectivity index (χ3v) is 5.14. The van der Waals surface area contributed by atoms with Crippen molar-refractivity contribution >= 4 is 18.3 Å². The molecule has 2 N–H and O–H groups in total. The molecule has 2 heterocycles. The van der Waals surface area contributed by atoms with Crippen LogP contribution in [0.25, 0.3) is 0 Å². The molecule has 1 aliphatic heterocycles. The summed E-state index contributed by atoms with van der Waals surface area (Å²) < 4.78 is 12.8. The lowest BCUT2D eigenvalue weighted by atomic mass is 10.1. The van der Waals surface area contributed by atoms with Crippen LogP contribution in [0.4, 0.5) is 0 Å². The summed E-state index contributed by atoms with van der Waals surface area (Å²) in [5.74, 6) is 2.39. The Kier molecular flexibility index (Phi) is 8.31. The first kappa shape index (κ1) is 23.0. The van der Waals surface area contributed by atoms with Gasteiger partial charge in [-0.25, -0.2) is 4.98 Å². The zero-order valence-corrected chi connectivity index (χ0v) is 18.2. The molecule has 0 spiro atoms. The summed E-state index contributed by atoms with van der Waals surface area (Å²) in [6.45, 7) is 4.69. The molecular formula is C20H30ClN5O3. The van der Waals surface area contributed by atoms with Gasteiger partial charge >= 0.3 is 0 Å². The molecule has 0 aliphatic carbocycles. The van der Waals surface area contributed by atoms with Gasteiger partial charge in [0.2, 0.25) is 5.91 Å². The number of imidazole rings is 1. The summed E-state index contributed by atoms with van der Waals surface area (Å²) in [6, 6.07) is 5.46. The van der Waals surface area contributed by atoms with E-state index in [-0.39, 0.29) is 30.4 Å². The van der Waals surface area contributed by atoms with Crippen molar-refractivity contribution in [2.45, 2.75) is 19.0 Å². The van der Waals surface area contributed by atoms with Gasteiger partial charge in [0, 0.05) is 44.6 Å². The maximum Gasteiger partial charge on any atom is 0.234 e. The van der Waals surface area contributed by atoms with Gasteiger partial charge in [0.1, 0.15) is 17.3 Å². The number of halogens is 1. The summed E-state index contributed by atoms with van der Waals surface area (Å²) in [4.78, 5) is 19.4. The normalized spacial score (nSPS) is 17.9. The van der Waals surface area contributed by atoms with Crippen molar-refractivity contribution in [2.24, 2.45) is 7.05 Å². The maximum atomic E-state index is 12.8. The second-order valence-electron chi connectivity index (χ2n) is 6.98. The molecule has 2 unspecified atom stereocenters. The van der Waals surface area contributed by atoms with Crippen LogP contribution in [0.1, 0.15) is 30.4 Å². The highest BCUT2D eigenvalue weighted by Gasteiger charge is 2.28. The smallest absolute Gasteiger partial charge is 0.234 e. The number of carbonyl (C=O) groups excluding carboxylic acids is 1. The molecule has 1 aromatic heterocycles. The number of rotatable bonds is 7. The van der Waals surface area contributed by atoms with Gasteiger partial charge < -0.3 is 24.7 Å². The van der Waals surface area contributed by atoms with Gasteiger partial charge in [0.15, 0.2) is 0 Å². The number of hydrogen-bond acceptors (Lipinski definition) is 6. The predicted molar refractivity (Wildman–Crippen MR) is 114 cm³/mol. The average molecular weight is 424 g/mol. The third kappa shape index (κ3) is 5.41. The van der Waals surface area contributed by atoms with Crippen LogP contribution in [0.2, 0.25) is 0 Å². The minimum Gasteiger partial charge on any atom is -0.497 e. The zero-order chi connectivity index (χ0) is 20.1. The summed E-state index contributed by atoms with van der Waals surface area (Å²) in [5, 5.41) is 6.48. The number of nitrogens with zero attached hydrogens (tertiary/aromatic N) is 3. The molecule has 160 valence electrons. The van der Waals surface area contributed by atoms with E-state index < -0.39 is 0 Å². The molecular weight excluding hydrogens is 394 g/mol. The molecule has 8 nitrogen and oxygen atoms in total. The second-order valence-corrected chi connectivity index (χ2v) is 6.98. The molecule has 29 heavy (non-hydrogen) atoms. The first-order chi connectivity index (χ1) is 13.5. The standard InChI is InChI=1S/C20H29N5O3.ClH/c1-14(16-11-15(27-3)5-6-18(16)28-4)23-19(26)13-25-10-7-21-12-17(25)20-22-8-9-24(20)2;/h5-6,8-9,11,14,17,21H,7,10,12-13H2,1-4H3,(H,23,26);1H. The molecule has 1 amide bonds. The summed E-state index contributed by atoms with van der Waals surface area (Å²) in [5.41, 5.74) is 0.885. The summed E-state index contributed by atoms with van der Waals surface area (Å²) >= 11 is 0. The number of methoxy groups -OCH3 is 2. The van der Waals surface area contributed by atoms with Gasteiger partial charge in [-0.3, -0.25) is 9.69 Å². The van der Waals surface area contributed by atoms with Crippen molar-refractivity contribution < 1.29 is 14.3 Å². The predicted octanol–water partition coefficient (Wildman–Crippen LogP) is 1.68. The molecule has 3 rings (SSSR count). The highest BCUT2D eigenvalue weighted by atomic mass is 35.5. The molecule has 0 bridgehead atoms. The Morgan fingerprint density at radius 1 is 1.38 bits per heavy atom. The van der Waals surface area contributed by atoms with Crippen LogP contribution < -0.4 is 20.1 Å². The number of amides is 1. The Balaban J connectivity index is 0.00000300. The van der Waals surface area contributed by atoms with E-state index in [2.05, 4.69) is 20.5 Å². The molecule has 2 atom stereocenters. The number of ether oxygens (including phenoxy) is 2. The van der Waals surface area contributed by atoms with E-state index in [1.807, 2.05) is 42.9 Å². The Morgan fingerprint density at radius 3 is 2.83 bits per heavy atom. The SMILES string of the molecule is COc1ccc(OC)c(C(C)NC(=O)CN2CCNCC2c2nccn2C)c1.Cl. The average Bonchev–Trinajstić information content (AvgIpc) is 3.13. The van der Waals surface area contributed by atoms with E-state index in [0.29, 0.717) is 6.54 Å². The fraction of sp³-hybridized carbons (Fsp3) is 0.500. The Hall–Kier alpha value is -2.29. The second kappa shape index (κ2) is 10.5. The summed E-state index contributed by atoms with van der Waals surface area (Å²) in [7, 11) is 5.22. The number of hydrogen-bond donors (Lipinski definition) is 2. The molecule has 1 aliphatic rings. The molecule has 0 saturated carbocycles. The third-order valence-electron chi connectivity index (χ3n) is 5.14. The molecule has 1 aromatic carbocycles. The monoisotopic (exact) mass is 423 g/mol. The number of nitrogens with one attached hydrogen (secondary N) is 2. The van der Waals surface area contributed by atoms with Crippen molar-refractivity contribution in [2.75, 3.05) is 40.4 Å². The van der Waals surface area contributed by atoms with Crippen LogP contribution in [0.3, 0.4) is 0 Å². The van der Waals surface area contributed by atoms with Gasteiger partial charge in [-0.1, -0.05) is 0 Å². The summed E-state index contributed by atoms with van der Waals surface area (Å²) in [6.07, 6.45) is 3.72. The van der Waals surface area contributed by atoms with Gasteiger partial charge in [0.25, 0.3) is 0 Å². The Labute approximate surface area is 178 Å².